The van der Waals surface area contributed by atoms with E-state index in [1.165, 1.54) is 6.20 Å². The molecular formula is C9H11N5O3S. The van der Waals surface area contributed by atoms with Crippen LogP contribution in [0.25, 0.3) is 0 Å². The first-order chi connectivity index (χ1) is 8.63. The Kier molecular flexibility index (Phi) is 3.53. The van der Waals surface area contributed by atoms with Gasteiger partial charge in [-0.15, -0.1) is 0 Å². The standard InChI is InChI=1S/C9H11N5O3S/c1-10-7-3-2-4-11-9(7)18(15,16)13-5-8-12-6-17-14-8/h2-4,6,10,13H,5H2,1H3. The Morgan fingerprint density at radius 1 is 1.39 bits per heavy atom. The van der Waals surface area contributed by atoms with E-state index in [-0.39, 0.29) is 17.4 Å². The van der Waals surface area contributed by atoms with Crippen molar-refractivity contribution in [1.29, 1.82) is 0 Å². The van der Waals surface area contributed by atoms with Crippen LogP contribution in [0.15, 0.2) is 34.3 Å². The highest BCUT2D eigenvalue weighted by Gasteiger charge is 2.19. The second-order valence-electron chi connectivity index (χ2n) is 3.28. The Labute approximate surface area is 103 Å². The molecule has 0 unspecified atom stereocenters. The van der Waals surface area contributed by atoms with Gasteiger partial charge in [-0.05, 0) is 12.1 Å². The molecule has 2 N–H and O–H groups in total. The Morgan fingerprint density at radius 3 is 2.89 bits per heavy atom. The zero-order valence-electron chi connectivity index (χ0n) is 9.49. The lowest BCUT2D eigenvalue weighted by Crippen LogP contribution is -2.25. The summed E-state index contributed by atoms with van der Waals surface area (Å²) in [5.74, 6) is 0.250. The Morgan fingerprint density at radius 2 is 2.22 bits per heavy atom. The second-order valence-corrected chi connectivity index (χ2v) is 4.96. The van der Waals surface area contributed by atoms with Gasteiger partial charge < -0.3 is 9.84 Å². The van der Waals surface area contributed by atoms with Crippen LogP contribution in [-0.4, -0.2) is 30.6 Å². The Hall–Kier alpha value is -2.00. The van der Waals surface area contributed by atoms with Gasteiger partial charge in [0.2, 0.25) is 6.39 Å². The molecule has 0 aromatic carbocycles. The van der Waals surface area contributed by atoms with Crippen LogP contribution >= 0.6 is 0 Å². The first-order valence-corrected chi connectivity index (χ1v) is 6.49. The van der Waals surface area contributed by atoms with Crippen LogP contribution in [0.3, 0.4) is 0 Å². The molecule has 0 amide bonds. The third kappa shape index (κ3) is 2.63. The van der Waals surface area contributed by atoms with Gasteiger partial charge in [-0.1, -0.05) is 5.16 Å². The first-order valence-electron chi connectivity index (χ1n) is 5.01. The average molecular weight is 269 g/mol. The molecule has 2 heterocycles. The molecule has 2 aromatic rings. The molecule has 0 aliphatic heterocycles. The quantitative estimate of drug-likeness (QED) is 0.785. The van der Waals surface area contributed by atoms with Gasteiger partial charge in [0.05, 0.1) is 12.2 Å². The summed E-state index contributed by atoms with van der Waals surface area (Å²) in [7, 11) is -2.10. The van der Waals surface area contributed by atoms with Crippen LogP contribution in [0.1, 0.15) is 5.82 Å². The maximum Gasteiger partial charge on any atom is 0.260 e. The van der Waals surface area contributed by atoms with Crippen LogP contribution < -0.4 is 10.0 Å². The lowest BCUT2D eigenvalue weighted by molar-refractivity contribution is 0.409. The molecular weight excluding hydrogens is 258 g/mol. The van der Waals surface area contributed by atoms with Crippen molar-refractivity contribution in [3.63, 3.8) is 0 Å². The van der Waals surface area contributed by atoms with Crippen LogP contribution in [0, 0.1) is 0 Å². The van der Waals surface area contributed by atoms with Crippen molar-refractivity contribution in [3.05, 3.63) is 30.5 Å². The van der Waals surface area contributed by atoms with Gasteiger partial charge in [-0.25, -0.2) is 18.1 Å². The maximum absolute atomic E-state index is 12.0. The number of anilines is 1. The molecule has 2 aromatic heterocycles. The number of hydrogen-bond acceptors (Lipinski definition) is 7. The molecule has 0 saturated carbocycles. The van der Waals surface area contributed by atoms with Crippen molar-refractivity contribution in [1.82, 2.24) is 19.8 Å². The summed E-state index contributed by atoms with van der Waals surface area (Å²) in [5, 5.41) is 6.20. The van der Waals surface area contributed by atoms with Crippen LogP contribution in [0.2, 0.25) is 0 Å². The van der Waals surface area contributed by atoms with E-state index in [0.717, 1.165) is 6.39 Å². The van der Waals surface area contributed by atoms with Gasteiger partial charge in [0.25, 0.3) is 10.0 Å². The van der Waals surface area contributed by atoms with Crippen molar-refractivity contribution in [2.75, 3.05) is 12.4 Å². The highest BCUT2D eigenvalue weighted by Crippen LogP contribution is 2.16. The van der Waals surface area contributed by atoms with Gasteiger partial charge in [-0.2, -0.15) is 4.98 Å². The fourth-order valence-electron chi connectivity index (χ4n) is 1.29. The molecule has 9 heteroatoms. The van der Waals surface area contributed by atoms with Crippen LogP contribution in [0.4, 0.5) is 5.69 Å². The van der Waals surface area contributed by atoms with E-state index >= 15 is 0 Å². The Balaban J connectivity index is 2.20. The fourth-order valence-corrected chi connectivity index (χ4v) is 2.41. The lowest BCUT2D eigenvalue weighted by Gasteiger charge is -2.08. The van der Waals surface area contributed by atoms with Crippen molar-refractivity contribution >= 4 is 15.7 Å². The number of aromatic nitrogens is 3. The average Bonchev–Trinajstić information content (AvgIpc) is 2.89. The molecule has 0 saturated heterocycles. The van der Waals surface area contributed by atoms with Gasteiger partial charge in [0.15, 0.2) is 10.9 Å². The van der Waals surface area contributed by atoms with Gasteiger partial charge in [0, 0.05) is 13.2 Å². The minimum atomic E-state index is -3.72. The zero-order valence-corrected chi connectivity index (χ0v) is 10.3. The monoisotopic (exact) mass is 269 g/mol. The number of pyridine rings is 1. The third-order valence-corrected chi connectivity index (χ3v) is 3.48. The van der Waals surface area contributed by atoms with E-state index in [0.29, 0.717) is 5.69 Å². The minimum Gasteiger partial charge on any atom is -0.386 e. The summed E-state index contributed by atoms with van der Waals surface area (Å²) >= 11 is 0. The predicted octanol–water partition coefficient (Wildman–Crippen LogP) is -0.0152. The fraction of sp³-hybridized carbons (Fsp3) is 0.222. The predicted molar refractivity (Wildman–Crippen MR) is 62.1 cm³/mol. The summed E-state index contributed by atoms with van der Waals surface area (Å²) in [6.45, 7) is -0.0570. The lowest BCUT2D eigenvalue weighted by atomic mass is 10.4. The van der Waals surface area contributed by atoms with E-state index in [9.17, 15) is 8.42 Å². The van der Waals surface area contributed by atoms with Gasteiger partial charge in [-0.3, -0.25) is 0 Å². The summed E-state index contributed by atoms with van der Waals surface area (Å²) in [6, 6.07) is 3.26. The molecule has 96 valence electrons. The highest BCUT2D eigenvalue weighted by atomic mass is 32.2. The topological polar surface area (TPSA) is 110 Å². The van der Waals surface area contributed by atoms with E-state index in [2.05, 4.69) is 29.7 Å². The molecule has 0 radical (unpaired) electrons. The molecule has 0 aliphatic carbocycles. The van der Waals surface area contributed by atoms with Crippen molar-refractivity contribution in [2.45, 2.75) is 11.6 Å². The molecule has 0 aliphatic rings. The molecule has 8 nitrogen and oxygen atoms in total. The van der Waals surface area contributed by atoms with Crippen molar-refractivity contribution in [2.24, 2.45) is 0 Å². The normalized spacial score (nSPS) is 11.4. The molecule has 0 fully saturated rings. The number of rotatable bonds is 5. The van der Waals surface area contributed by atoms with E-state index in [1.807, 2.05) is 0 Å². The van der Waals surface area contributed by atoms with E-state index in [4.69, 9.17) is 0 Å². The summed E-state index contributed by atoms with van der Waals surface area (Å²) in [4.78, 5) is 7.56. The van der Waals surface area contributed by atoms with E-state index < -0.39 is 10.0 Å². The van der Waals surface area contributed by atoms with Crippen LogP contribution in [-0.2, 0) is 16.6 Å². The highest BCUT2D eigenvalue weighted by molar-refractivity contribution is 7.89. The number of nitrogens with zero attached hydrogens (tertiary/aromatic N) is 3. The zero-order chi connectivity index (χ0) is 13.0. The summed E-state index contributed by atoms with van der Waals surface area (Å²) in [5.41, 5.74) is 0.415. The molecule has 0 atom stereocenters. The largest absolute Gasteiger partial charge is 0.386 e. The van der Waals surface area contributed by atoms with Gasteiger partial charge in [0.1, 0.15) is 0 Å². The molecule has 18 heavy (non-hydrogen) atoms. The van der Waals surface area contributed by atoms with Crippen LogP contribution in [0.5, 0.6) is 0 Å². The number of sulfonamides is 1. The summed E-state index contributed by atoms with van der Waals surface area (Å²) in [6.07, 6.45) is 2.53. The maximum atomic E-state index is 12.0. The SMILES string of the molecule is CNc1cccnc1S(=O)(=O)NCc1ncon1. The second kappa shape index (κ2) is 5.10. The molecule has 2 rings (SSSR count). The minimum absolute atomic E-state index is 0.0570. The van der Waals surface area contributed by atoms with Crippen molar-refractivity contribution in [3.8, 4) is 0 Å². The first kappa shape index (κ1) is 12.5. The van der Waals surface area contributed by atoms with Crippen molar-refractivity contribution < 1.29 is 12.9 Å². The Bertz CT molecular complexity index is 611. The smallest absolute Gasteiger partial charge is 0.260 e. The molecule has 0 bridgehead atoms. The van der Waals surface area contributed by atoms with Gasteiger partial charge >= 0.3 is 0 Å². The molecule has 0 spiro atoms. The van der Waals surface area contributed by atoms with E-state index in [1.54, 1.807) is 19.2 Å². The number of nitrogens with one attached hydrogen (secondary N) is 2. The third-order valence-electron chi connectivity index (χ3n) is 2.12. The number of hydrogen-bond donors (Lipinski definition) is 2. The summed E-state index contributed by atoms with van der Waals surface area (Å²) < 4.78 is 30.9.